The number of carbonyl (C=O) groups excluding carboxylic acids is 1. The first kappa shape index (κ1) is 12.0. The average Bonchev–Trinajstić information content (AvgIpc) is 2.18. The van der Waals surface area contributed by atoms with Crippen molar-refractivity contribution in [3.63, 3.8) is 0 Å². The Balaban J connectivity index is 2.37. The van der Waals surface area contributed by atoms with Crippen molar-refractivity contribution in [3.05, 3.63) is 35.4 Å². The molecule has 1 nitrogen and oxygen atoms in total. The molecule has 0 atom stereocenters. The second-order valence-corrected chi connectivity index (χ2v) is 3.98. The summed E-state index contributed by atoms with van der Waals surface area (Å²) in [6, 6.07) is 8.14. The van der Waals surface area contributed by atoms with E-state index in [-0.39, 0.29) is 5.68 Å². The highest BCUT2D eigenvalue weighted by Gasteiger charge is 2.04. The van der Waals surface area contributed by atoms with E-state index in [0.717, 1.165) is 24.7 Å². The van der Waals surface area contributed by atoms with Gasteiger partial charge in [0, 0.05) is 6.42 Å². The first-order valence-corrected chi connectivity index (χ1v) is 5.64. The van der Waals surface area contributed by atoms with Gasteiger partial charge in [-0.05, 0) is 12.5 Å². The number of aryl methyl sites for hydroxylation is 1. The molecule has 15 heavy (non-hydrogen) atoms. The summed E-state index contributed by atoms with van der Waals surface area (Å²) in [6.07, 6.45) is 3.72. The van der Waals surface area contributed by atoms with Crippen molar-refractivity contribution < 1.29 is 4.79 Å². The van der Waals surface area contributed by atoms with E-state index in [9.17, 15) is 4.79 Å². The molecule has 0 aliphatic heterocycles. The van der Waals surface area contributed by atoms with Crippen molar-refractivity contribution in [2.75, 3.05) is 0 Å². The molecule has 0 fully saturated rings. The minimum atomic E-state index is 0.244. The molecule has 0 N–H and O–H groups in total. The molecule has 0 aliphatic carbocycles. The van der Waals surface area contributed by atoms with Gasteiger partial charge in [0.15, 0.2) is 0 Å². The quantitative estimate of drug-likeness (QED) is 0.510. The predicted octanol–water partition coefficient (Wildman–Crippen LogP) is 2.99. The molecule has 0 unspecified atom stereocenters. The van der Waals surface area contributed by atoms with E-state index in [1.807, 2.05) is 19.4 Å². The van der Waals surface area contributed by atoms with E-state index in [1.165, 1.54) is 5.56 Å². The summed E-state index contributed by atoms with van der Waals surface area (Å²) >= 11 is 0. The molecule has 0 aromatic heterocycles. The number of hydrogen-bond acceptors (Lipinski definition) is 1. The van der Waals surface area contributed by atoms with Crippen molar-refractivity contribution in [2.24, 2.45) is 0 Å². The summed E-state index contributed by atoms with van der Waals surface area (Å²) in [6.45, 7) is 4.19. The smallest absolute Gasteiger partial charge is 0.202 e. The van der Waals surface area contributed by atoms with Crippen molar-refractivity contribution in [1.29, 1.82) is 0 Å². The minimum absolute atomic E-state index is 0.244. The van der Waals surface area contributed by atoms with Crippen LogP contribution >= 0.6 is 0 Å². The van der Waals surface area contributed by atoms with Gasteiger partial charge in [-0.25, -0.2) is 0 Å². The molecule has 1 radical (unpaired) electrons. The molecule has 0 saturated carbocycles. The van der Waals surface area contributed by atoms with Crippen LogP contribution in [0, 0.1) is 6.92 Å². The van der Waals surface area contributed by atoms with Gasteiger partial charge in [-0.3, -0.25) is 0 Å². The molecule has 0 aliphatic rings. The summed E-state index contributed by atoms with van der Waals surface area (Å²) in [5.74, 6) is 0. The van der Waals surface area contributed by atoms with Crippen LogP contribution in [0.1, 0.15) is 30.9 Å². The van der Waals surface area contributed by atoms with E-state index >= 15 is 0 Å². The highest BCUT2D eigenvalue weighted by molar-refractivity contribution is 6.74. The van der Waals surface area contributed by atoms with Crippen LogP contribution in [-0.2, 0) is 11.2 Å². The lowest BCUT2D eigenvalue weighted by atomic mass is 9.67. The molecular formula is C13H18BO. The van der Waals surface area contributed by atoms with Crippen LogP contribution in [0.5, 0.6) is 0 Å². The number of carbonyl (C=O) groups is 1. The van der Waals surface area contributed by atoms with Gasteiger partial charge in [-0.1, -0.05) is 55.9 Å². The molecule has 2 heteroatoms. The van der Waals surface area contributed by atoms with Gasteiger partial charge in [-0.15, -0.1) is 0 Å². The van der Waals surface area contributed by atoms with E-state index < -0.39 is 0 Å². The summed E-state index contributed by atoms with van der Waals surface area (Å²) in [5, 5.41) is 0. The maximum atomic E-state index is 11.5. The monoisotopic (exact) mass is 201 g/mol. The fourth-order valence-electron chi connectivity index (χ4n) is 1.56. The van der Waals surface area contributed by atoms with Crippen molar-refractivity contribution in [3.8, 4) is 0 Å². The van der Waals surface area contributed by atoms with Crippen LogP contribution in [0.25, 0.3) is 0 Å². The zero-order valence-corrected chi connectivity index (χ0v) is 9.62. The average molecular weight is 201 g/mol. The van der Waals surface area contributed by atoms with E-state index in [4.69, 9.17) is 0 Å². The number of unbranched alkanes of at least 4 members (excludes halogenated alkanes) is 1. The molecule has 0 heterocycles. The fraction of sp³-hybridized carbons (Fsp3) is 0.462. The van der Waals surface area contributed by atoms with Crippen LogP contribution in [0.2, 0.25) is 6.32 Å². The van der Waals surface area contributed by atoms with Crippen molar-refractivity contribution >= 4 is 13.0 Å². The Kier molecular flexibility index (Phi) is 5.16. The third-order valence-corrected chi connectivity index (χ3v) is 2.39. The summed E-state index contributed by atoms with van der Waals surface area (Å²) < 4.78 is 0. The Morgan fingerprint density at radius 1 is 1.40 bits per heavy atom. The summed E-state index contributed by atoms with van der Waals surface area (Å²) in [4.78, 5) is 11.5. The lowest BCUT2D eigenvalue weighted by molar-refractivity contribution is -0.111. The Hall–Kier alpha value is -1.05. The second-order valence-electron chi connectivity index (χ2n) is 3.98. The maximum absolute atomic E-state index is 11.5. The van der Waals surface area contributed by atoms with E-state index in [1.54, 1.807) is 0 Å². The molecule has 0 saturated heterocycles. The van der Waals surface area contributed by atoms with Gasteiger partial charge in [0.1, 0.15) is 0 Å². The normalized spacial score (nSPS) is 10.0. The third-order valence-electron chi connectivity index (χ3n) is 2.39. The van der Waals surface area contributed by atoms with Crippen LogP contribution in [0.15, 0.2) is 24.3 Å². The molecule has 1 aromatic carbocycles. The van der Waals surface area contributed by atoms with Crippen LogP contribution in [0.3, 0.4) is 0 Å². The van der Waals surface area contributed by atoms with Gasteiger partial charge in [0.05, 0.1) is 5.68 Å². The topological polar surface area (TPSA) is 17.1 Å². The number of rotatable bonds is 6. The summed E-state index contributed by atoms with van der Waals surface area (Å²) in [7, 11) is 1.83. The lowest BCUT2D eigenvalue weighted by Gasteiger charge is -2.01. The third kappa shape index (κ3) is 4.82. The Morgan fingerprint density at radius 2 is 2.20 bits per heavy atom. The molecule has 0 amide bonds. The molecule has 0 bridgehead atoms. The Labute approximate surface area is 93.1 Å². The van der Waals surface area contributed by atoms with Crippen molar-refractivity contribution in [1.82, 2.24) is 0 Å². The first-order valence-electron chi connectivity index (χ1n) is 5.64. The van der Waals surface area contributed by atoms with Crippen LogP contribution in [-0.4, -0.2) is 13.0 Å². The van der Waals surface area contributed by atoms with Crippen LogP contribution in [0.4, 0.5) is 0 Å². The molecular weight excluding hydrogens is 183 g/mol. The Morgan fingerprint density at radius 3 is 2.87 bits per heavy atom. The van der Waals surface area contributed by atoms with Crippen molar-refractivity contribution in [2.45, 2.75) is 39.4 Å². The zero-order valence-electron chi connectivity index (χ0n) is 9.62. The Bertz CT molecular complexity index is 320. The first-order chi connectivity index (χ1) is 7.22. The van der Waals surface area contributed by atoms with E-state index in [0.29, 0.717) is 6.42 Å². The number of hydrogen-bond donors (Lipinski definition) is 0. The molecule has 1 aromatic rings. The maximum Gasteiger partial charge on any atom is 0.202 e. The van der Waals surface area contributed by atoms with Gasteiger partial charge in [0.2, 0.25) is 7.28 Å². The molecule has 0 spiro atoms. The number of benzene rings is 1. The zero-order chi connectivity index (χ0) is 11.1. The lowest BCUT2D eigenvalue weighted by Crippen LogP contribution is -2.11. The predicted molar refractivity (Wildman–Crippen MR) is 65.4 cm³/mol. The standard InChI is InChI=1S/C13H18BO/c1-3-4-8-14-13(15)10-12-7-5-6-11(2)9-12/h5-7,9H,3-4,8,10H2,1-2H3. The second kappa shape index (κ2) is 6.44. The molecule has 1 rings (SSSR count). The highest BCUT2D eigenvalue weighted by Crippen LogP contribution is 2.05. The van der Waals surface area contributed by atoms with Gasteiger partial charge < -0.3 is 4.79 Å². The molecule has 79 valence electrons. The van der Waals surface area contributed by atoms with E-state index in [2.05, 4.69) is 26.0 Å². The minimum Gasteiger partial charge on any atom is -0.312 e. The highest BCUT2D eigenvalue weighted by atomic mass is 16.1. The largest absolute Gasteiger partial charge is 0.312 e. The summed E-state index contributed by atoms with van der Waals surface area (Å²) in [5.41, 5.74) is 2.58. The SMILES string of the molecule is CCCC[B]C(=O)Cc1cccc(C)c1. The van der Waals surface area contributed by atoms with Gasteiger partial charge in [-0.2, -0.15) is 0 Å². The van der Waals surface area contributed by atoms with Crippen LogP contribution < -0.4 is 0 Å². The van der Waals surface area contributed by atoms with Gasteiger partial charge >= 0.3 is 0 Å². The van der Waals surface area contributed by atoms with Gasteiger partial charge in [0.25, 0.3) is 0 Å². The fourth-order valence-corrected chi connectivity index (χ4v) is 1.56.